The zero-order valence-corrected chi connectivity index (χ0v) is 17.4. The van der Waals surface area contributed by atoms with Gasteiger partial charge in [-0.3, -0.25) is 10.1 Å². The van der Waals surface area contributed by atoms with Crippen molar-refractivity contribution in [3.8, 4) is 0 Å². The number of nitrogens with one attached hydrogen (secondary N) is 3. The molecule has 0 unspecified atom stereocenters. The maximum absolute atomic E-state index is 13.6. The van der Waals surface area contributed by atoms with Gasteiger partial charge in [0, 0.05) is 13.0 Å². The van der Waals surface area contributed by atoms with Crippen LogP contribution in [0.1, 0.15) is 50.5 Å². The fourth-order valence-electron chi connectivity index (χ4n) is 3.74. The number of benzene rings is 1. The molecule has 2 rings (SSSR count). The number of carbonyl (C=O) groups is 2. The second kappa shape index (κ2) is 10.9. The first-order valence-electron chi connectivity index (χ1n) is 10.5. The lowest BCUT2D eigenvalue weighted by Gasteiger charge is -2.38. The Bertz CT molecular complexity index is 732. The summed E-state index contributed by atoms with van der Waals surface area (Å²) >= 11 is 0. The molecule has 0 aromatic heterocycles. The molecular formula is C21H27F6N3O2. The van der Waals surface area contributed by atoms with Crippen molar-refractivity contribution in [3.05, 3.63) is 35.9 Å². The molecule has 0 spiro atoms. The van der Waals surface area contributed by atoms with Gasteiger partial charge in [0.15, 0.2) is 0 Å². The van der Waals surface area contributed by atoms with Crippen LogP contribution < -0.4 is 16.0 Å². The predicted molar refractivity (Wildman–Crippen MR) is 105 cm³/mol. The van der Waals surface area contributed by atoms with Crippen LogP contribution in [0.2, 0.25) is 0 Å². The van der Waals surface area contributed by atoms with E-state index in [0.29, 0.717) is 0 Å². The molecule has 3 N–H and O–H groups in total. The number of rotatable bonds is 8. The van der Waals surface area contributed by atoms with Gasteiger partial charge in [0.05, 0.1) is 0 Å². The van der Waals surface area contributed by atoms with Crippen LogP contribution in [0.25, 0.3) is 0 Å². The molecule has 180 valence electrons. The quantitative estimate of drug-likeness (QED) is 0.379. The van der Waals surface area contributed by atoms with E-state index in [9.17, 15) is 35.9 Å². The Hall–Kier alpha value is -2.46. The van der Waals surface area contributed by atoms with Gasteiger partial charge in [-0.25, -0.2) is 4.79 Å². The summed E-state index contributed by atoms with van der Waals surface area (Å²) in [4.78, 5) is 24.0. The van der Waals surface area contributed by atoms with E-state index in [1.807, 2.05) is 5.32 Å². The maximum Gasteiger partial charge on any atom is 0.439 e. The van der Waals surface area contributed by atoms with Crippen molar-refractivity contribution in [2.75, 3.05) is 6.54 Å². The first kappa shape index (κ1) is 25.8. The van der Waals surface area contributed by atoms with Crippen LogP contribution in [-0.2, 0) is 11.2 Å². The monoisotopic (exact) mass is 467 g/mol. The third kappa shape index (κ3) is 7.03. The Morgan fingerprint density at radius 2 is 1.47 bits per heavy atom. The second-order valence-electron chi connectivity index (χ2n) is 7.95. The molecule has 0 aliphatic heterocycles. The van der Waals surface area contributed by atoms with Crippen molar-refractivity contribution in [2.45, 2.75) is 69.4 Å². The number of alkyl halides is 6. The van der Waals surface area contributed by atoms with E-state index < -0.39 is 36.4 Å². The van der Waals surface area contributed by atoms with Crippen LogP contribution >= 0.6 is 0 Å². The standard InChI is InChI=1S/C21H27F6N3O2/c22-20(23,24)19(21(25,26)27,29-17(31)12-11-15-7-3-1-4-8-15)30-18(32)28-14-13-16-9-5-2-6-10-16/h2,5-6,9-10,15H,1,3-4,7-8,11-14H2,(H,29,31)(H2,28,30,32). The van der Waals surface area contributed by atoms with Gasteiger partial charge in [-0.15, -0.1) is 0 Å². The maximum atomic E-state index is 13.6. The van der Waals surface area contributed by atoms with Crippen LogP contribution in [0.4, 0.5) is 31.1 Å². The molecule has 1 aliphatic carbocycles. The molecule has 0 atom stereocenters. The van der Waals surface area contributed by atoms with E-state index >= 15 is 0 Å². The second-order valence-corrected chi connectivity index (χ2v) is 7.95. The van der Waals surface area contributed by atoms with Crippen LogP contribution in [-0.4, -0.2) is 36.5 Å². The van der Waals surface area contributed by atoms with Crippen LogP contribution in [0, 0.1) is 5.92 Å². The van der Waals surface area contributed by atoms with Gasteiger partial charge in [-0.05, 0) is 24.3 Å². The summed E-state index contributed by atoms with van der Waals surface area (Å²) in [6.45, 7) is -0.197. The fraction of sp³-hybridized carbons (Fsp3) is 0.619. The third-order valence-electron chi connectivity index (χ3n) is 5.52. The van der Waals surface area contributed by atoms with E-state index in [1.54, 1.807) is 30.3 Å². The lowest BCUT2D eigenvalue weighted by Crippen LogP contribution is -2.77. The zero-order chi connectivity index (χ0) is 23.8. The number of carbonyl (C=O) groups excluding carboxylic acids is 2. The van der Waals surface area contributed by atoms with E-state index in [0.717, 1.165) is 48.3 Å². The lowest BCUT2D eigenvalue weighted by molar-refractivity contribution is -0.312. The molecule has 0 heterocycles. The minimum absolute atomic E-state index is 0.0925. The lowest BCUT2D eigenvalue weighted by atomic mass is 9.86. The highest BCUT2D eigenvalue weighted by atomic mass is 19.4. The molecule has 32 heavy (non-hydrogen) atoms. The molecule has 3 amide bonds. The van der Waals surface area contributed by atoms with Gasteiger partial charge in [-0.2, -0.15) is 26.3 Å². The highest BCUT2D eigenvalue weighted by Gasteiger charge is 2.73. The van der Waals surface area contributed by atoms with E-state index in [-0.39, 0.29) is 25.3 Å². The van der Waals surface area contributed by atoms with Gasteiger partial charge in [0.2, 0.25) is 5.91 Å². The van der Waals surface area contributed by atoms with Crippen molar-refractivity contribution in [1.82, 2.24) is 16.0 Å². The number of halogens is 6. The van der Waals surface area contributed by atoms with Gasteiger partial charge in [-0.1, -0.05) is 62.4 Å². The minimum Gasteiger partial charge on any atom is -0.338 e. The number of urea groups is 1. The number of hydrogen-bond acceptors (Lipinski definition) is 2. The summed E-state index contributed by atoms with van der Waals surface area (Å²) in [7, 11) is 0. The molecule has 0 bridgehead atoms. The highest BCUT2D eigenvalue weighted by molar-refractivity contribution is 5.80. The molecule has 1 aromatic carbocycles. The topological polar surface area (TPSA) is 70.2 Å². The summed E-state index contributed by atoms with van der Waals surface area (Å²) in [5.74, 6) is -1.33. The normalized spacial score (nSPS) is 15.8. The summed E-state index contributed by atoms with van der Waals surface area (Å²) < 4.78 is 81.6. The van der Waals surface area contributed by atoms with Crippen LogP contribution in [0.5, 0.6) is 0 Å². The largest absolute Gasteiger partial charge is 0.439 e. The first-order chi connectivity index (χ1) is 14.9. The number of hydrogen-bond donors (Lipinski definition) is 3. The van der Waals surface area contributed by atoms with Crippen molar-refractivity contribution >= 4 is 11.9 Å². The van der Waals surface area contributed by atoms with Gasteiger partial charge >= 0.3 is 24.0 Å². The third-order valence-corrected chi connectivity index (χ3v) is 5.52. The minimum atomic E-state index is -6.01. The van der Waals surface area contributed by atoms with Gasteiger partial charge in [0.1, 0.15) is 0 Å². The Balaban J connectivity index is 2.04. The Labute approximate surface area is 182 Å². The molecule has 1 saturated carbocycles. The molecule has 1 aliphatic rings. The molecule has 0 radical (unpaired) electrons. The SMILES string of the molecule is O=C(CCC1CCCCC1)NC(NC(=O)NCCc1ccccc1)(C(F)(F)F)C(F)(F)F. The van der Waals surface area contributed by atoms with E-state index in [4.69, 9.17) is 0 Å². The molecule has 0 saturated heterocycles. The first-order valence-corrected chi connectivity index (χ1v) is 10.5. The molecule has 11 heteroatoms. The van der Waals surface area contributed by atoms with Crippen LogP contribution in [0.3, 0.4) is 0 Å². The summed E-state index contributed by atoms with van der Waals surface area (Å²) in [5.41, 5.74) is -4.15. The molecule has 1 aromatic rings. The predicted octanol–water partition coefficient (Wildman–Crippen LogP) is 4.83. The average Bonchev–Trinajstić information content (AvgIpc) is 2.71. The Kier molecular flexibility index (Phi) is 8.80. The smallest absolute Gasteiger partial charge is 0.338 e. The van der Waals surface area contributed by atoms with E-state index in [1.165, 1.54) is 0 Å². The Morgan fingerprint density at radius 1 is 0.875 bits per heavy atom. The summed E-state index contributed by atoms with van der Waals surface area (Å²) in [6, 6.07) is 6.85. The molecular weight excluding hydrogens is 440 g/mol. The van der Waals surface area contributed by atoms with Crippen molar-refractivity contribution < 1.29 is 35.9 Å². The highest BCUT2D eigenvalue weighted by Crippen LogP contribution is 2.41. The van der Waals surface area contributed by atoms with Gasteiger partial charge in [0.25, 0.3) is 0 Å². The van der Waals surface area contributed by atoms with Crippen molar-refractivity contribution in [2.24, 2.45) is 5.92 Å². The van der Waals surface area contributed by atoms with Crippen molar-refractivity contribution in [1.29, 1.82) is 0 Å². The summed E-state index contributed by atoms with van der Waals surface area (Å²) in [5, 5.41) is 3.95. The van der Waals surface area contributed by atoms with Crippen LogP contribution in [0.15, 0.2) is 30.3 Å². The fourth-order valence-corrected chi connectivity index (χ4v) is 3.74. The zero-order valence-electron chi connectivity index (χ0n) is 17.4. The van der Waals surface area contributed by atoms with E-state index in [2.05, 4.69) is 0 Å². The summed E-state index contributed by atoms with van der Waals surface area (Å²) in [6.07, 6.45) is -7.66. The molecule has 1 fully saturated rings. The average molecular weight is 467 g/mol. The van der Waals surface area contributed by atoms with Gasteiger partial charge < -0.3 is 10.6 Å². The Morgan fingerprint density at radius 3 is 2.03 bits per heavy atom. The molecule has 5 nitrogen and oxygen atoms in total. The number of amides is 3. The van der Waals surface area contributed by atoms with Crippen molar-refractivity contribution in [3.63, 3.8) is 0 Å².